The van der Waals surface area contributed by atoms with E-state index in [-0.39, 0.29) is 11.4 Å². The Morgan fingerprint density at radius 2 is 2.05 bits per heavy atom. The van der Waals surface area contributed by atoms with Gasteiger partial charge >= 0.3 is 5.69 Å². The summed E-state index contributed by atoms with van der Waals surface area (Å²) in [7, 11) is 0. The normalized spacial score (nSPS) is 17.9. The van der Waals surface area contributed by atoms with Crippen molar-refractivity contribution in [3.05, 3.63) is 28.7 Å². The van der Waals surface area contributed by atoms with Crippen LogP contribution in [0.3, 0.4) is 0 Å². The summed E-state index contributed by atoms with van der Waals surface area (Å²) in [6.45, 7) is 7.39. The molecule has 1 aliphatic rings. The fraction of sp³-hybridized carbons (Fsp3) is 0.562. The molecule has 3 rings (SSSR count). The minimum absolute atomic E-state index is 0.0816. The van der Waals surface area contributed by atoms with Crippen LogP contribution in [0, 0.1) is 5.92 Å². The van der Waals surface area contributed by atoms with Crippen molar-refractivity contribution < 1.29 is 5.11 Å². The van der Waals surface area contributed by atoms with Gasteiger partial charge in [0.15, 0.2) is 0 Å². The lowest BCUT2D eigenvalue weighted by Gasteiger charge is -2.34. The van der Waals surface area contributed by atoms with Gasteiger partial charge in [-0.25, -0.2) is 4.79 Å². The molecule has 0 saturated carbocycles. The van der Waals surface area contributed by atoms with E-state index in [0.717, 1.165) is 43.5 Å². The molecule has 0 unspecified atom stereocenters. The molecular weight excluding hydrogens is 266 g/mol. The van der Waals surface area contributed by atoms with Gasteiger partial charge < -0.3 is 15.0 Å². The monoisotopic (exact) mass is 289 g/mol. The number of nitrogens with zero attached hydrogens (tertiary/aromatic N) is 2. The molecule has 2 aromatic rings. The average Bonchev–Trinajstić information content (AvgIpc) is 2.76. The van der Waals surface area contributed by atoms with E-state index in [1.54, 1.807) is 22.8 Å². The first-order valence-corrected chi connectivity index (χ1v) is 7.70. The van der Waals surface area contributed by atoms with Crippen LogP contribution in [-0.4, -0.2) is 38.7 Å². The van der Waals surface area contributed by atoms with E-state index >= 15 is 0 Å². The van der Waals surface area contributed by atoms with Gasteiger partial charge in [0, 0.05) is 18.7 Å². The van der Waals surface area contributed by atoms with E-state index in [1.807, 2.05) is 0 Å². The maximum Gasteiger partial charge on any atom is 0.326 e. The summed E-state index contributed by atoms with van der Waals surface area (Å²) in [5, 5.41) is 9.63. The minimum Gasteiger partial charge on any atom is -0.508 e. The summed E-state index contributed by atoms with van der Waals surface area (Å²) in [5.41, 5.74) is 1.51. The quantitative estimate of drug-likeness (QED) is 0.910. The van der Waals surface area contributed by atoms with Gasteiger partial charge in [0.2, 0.25) is 0 Å². The third-order valence-electron chi connectivity index (χ3n) is 4.58. The third kappa shape index (κ3) is 2.83. The average molecular weight is 289 g/mol. The van der Waals surface area contributed by atoms with Crippen LogP contribution in [-0.2, 0) is 6.54 Å². The van der Waals surface area contributed by atoms with Crippen LogP contribution in [0.1, 0.15) is 26.7 Å². The summed E-state index contributed by atoms with van der Waals surface area (Å²) in [4.78, 5) is 17.5. The van der Waals surface area contributed by atoms with E-state index in [4.69, 9.17) is 0 Å². The lowest BCUT2D eigenvalue weighted by molar-refractivity contribution is 0.142. The Morgan fingerprint density at radius 3 is 2.71 bits per heavy atom. The van der Waals surface area contributed by atoms with Crippen molar-refractivity contribution >= 4 is 11.0 Å². The molecule has 0 atom stereocenters. The highest BCUT2D eigenvalue weighted by molar-refractivity contribution is 5.76. The van der Waals surface area contributed by atoms with Gasteiger partial charge in [-0.05, 0) is 57.8 Å². The van der Waals surface area contributed by atoms with Crippen LogP contribution in [0.4, 0.5) is 0 Å². The van der Waals surface area contributed by atoms with Crippen LogP contribution < -0.4 is 5.69 Å². The molecule has 1 fully saturated rings. The van der Waals surface area contributed by atoms with Crippen LogP contribution in [0.25, 0.3) is 11.0 Å². The highest BCUT2D eigenvalue weighted by Gasteiger charge is 2.22. The lowest BCUT2D eigenvalue weighted by Crippen LogP contribution is -2.39. The van der Waals surface area contributed by atoms with Crippen LogP contribution in [0.5, 0.6) is 5.75 Å². The predicted octanol–water partition coefficient (Wildman–Crippen LogP) is 2.16. The van der Waals surface area contributed by atoms with Crippen LogP contribution in [0.15, 0.2) is 23.0 Å². The van der Waals surface area contributed by atoms with Crippen molar-refractivity contribution in [2.45, 2.75) is 39.3 Å². The number of imidazole rings is 1. The zero-order chi connectivity index (χ0) is 15.0. The maximum atomic E-state index is 12.1. The fourth-order valence-corrected chi connectivity index (χ4v) is 3.23. The molecular formula is C16H23N3O2. The zero-order valence-corrected chi connectivity index (χ0v) is 12.7. The van der Waals surface area contributed by atoms with Crippen LogP contribution in [0.2, 0.25) is 0 Å². The van der Waals surface area contributed by atoms with Gasteiger partial charge in [0.1, 0.15) is 5.75 Å². The topological polar surface area (TPSA) is 61.3 Å². The molecule has 0 aliphatic carbocycles. The first kappa shape index (κ1) is 14.2. The highest BCUT2D eigenvalue weighted by atomic mass is 16.3. The smallest absolute Gasteiger partial charge is 0.326 e. The molecule has 5 nitrogen and oxygen atoms in total. The molecule has 0 spiro atoms. The zero-order valence-electron chi connectivity index (χ0n) is 12.7. The molecule has 0 amide bonds. The highest BCUT2D eigenvalue weighted by Crippen LogP contribution is 2.23. The number of phenols is 1. The molecule has 2 N–H and O–H groups in total. The number of hydrogen-bond acceptors (Lipinski definition) is 3. The standard InChI is InChI=1S/C16H23N3O2/c1-11(2)18-7-5-12(6-8-18)10-19-15-9-13(20)3-4-14(15)17-16(19)21/h3-4,9,11-12,20H,5-8,10H2,1-2H3,(H,17,21). The largest absolute Gasteiger partial charge is 0.508 e. The van der Waals surface area contributed by atoms with Crippen LogP contribution >= 0.6 is 0 Å². The Kier molecular flexibility index (Phi) is 3.76. The third-order valence-corrected chi connectivity index (χ3v) is 4.58. The number of H-pyrrole nitrogens is 1. The number of aromatic amines is 1. The minimum atomic E-state index is -0.0816. The summed E-state index contributed by atoms with van der Waals surface area (Å²) in [6, 6.07) is 5.61. The first-order chi connectivity index (χ1) is 10.0. The number of nitrogens with one attached hydrogen (secondary N) is 1. The number of aromatic nitrogens is 2. The number of hydrogen-bond donors (Lipinski definition) is 2. The van der Waals surface area contributed by atoms with Crippen molar-refractivity contribution in [1.29, 1.82) is 0 Å². The molecule has 21 heavy (non-hydrogen) atoms. The number of fused-ring (bicyclic) bond motifs is 1. The second-order valence-electron chi connectivity index (χ2n) is 6.32. The van der Waals surface area contributed by atoms with Crippen molar-refractivity contribution in [2.24, 2.45) is 5.92 Å². The number of phenolic OH excluding ortho intramolecular Hbond substituents is 1. The molecule has 5 heteroatoms. The van der Waals surface area contributed by atoms with Gasteiger partial charge in [-0.1, -0.05) is 0 Å². The molecule has 1 aliphatic heterocycles. The van der Waals surface area contributed by atoms with Gasteiger partial charge in [-0.15, -0.1) is 0 Å². The van der Waals surface area contributed by atoms with E-state index in [1.165, 1.54) is 0 Å². The predicted molar refractivity (Wildman–Crippen MR) is 83.7 cm³/mol. The summed E-state index contributed by atoms with van der Waals surface area (Å²) in [6.07, 6.45) is 2.24. The Hall–Kier alpha value is -1.75. The molecule has 1 aromatic carbocycles. The summed E-state index contributed by atoms with van der Waals surface area (Å²) < 4.78 is 1.77. The molecule has 1 saturated heterocycles. The molecule has 2 heterocycles. The first-order valence-electron chi connectivity index (χ1n) is 7.70. The van der Waals surface area contributed by atoms with Gasteiger partial charge in [0.05, 0.1) is 11.0 Å². The van der Waals surface area contributed by atoms with Gasteiger partial charge in [-0.3, -0.25) is 4.57 Å². The van der Waals surface area contributed by atoms with E-state index in [0.29, 0.717) is 12.0 Å². The van der Waals surface area contributed by atoms with E-state index < -0.39 is 0 Å². The second-order valence-corrected chi connectivity index (χ2v) is 6.32. The molecule has 114 valence electrons. The Morgan fingerprint density at radius 1 is 1.33 bits per heavy atom. The SMILES string of the molecule is CC(C)N1CCC(Cn2c(=O)[nH]c3ccc(O)cc32)CC1. The second kappa shape index (κ2) is 5.56. The maximum absolute atomic E-state index is 12.1. The van der Waals surface area contributed by atoms with Gasteiger partial charge in [-0.2, -0.15) is 0 Å². The number of piperidine rings is 1. The number of aromatic hydroxyl groups is 1. The van der Waals surface area contributed by atoms with E-state index in [9.17, 15) is 9.90 Å². The fourth-order valence-electron chi connectivity index (χ4n) is 3.23. The summed E-state index contributed by atoms with van der Waals surface area (Å²) in [5.74, 6) is 0.726. The lowest BCUT2D eigenvalue weighted by atomic mass is 9.96. The number of likely N-dealkylation sites (tertiary alicyclic amines) is 1. The summed E-state index contributed by atoms with van der Waals surface area (Å²) >= 11 is 0. The molecule has 0 radical (unpaired) electrons. The Bertz CT molecular complexity index is 678. The van der Waals surface area contributed by atoms with Crippen molar-refractivity contribution in [3.63, 3.8) is 0 Å². The number of benzene rings is 1. The Labute approximate surface area is 124 Å². The van der Waals surface area contributed by atoms with Gasteiger partial charge in [0.25, 0.3) is 0 Å². The van der Waals surface area contributed by atoms with Crippen molar-refractivity contribution in [2.75, 3.05) is 13.1 Å². The Balaban J connectivity index is 1.78. The van der Waals surface area contributed by atoms with Crippen molar-refractivity contribution in [3.8, 4) is 5.75 Å². The van der Waals surface area contributed by atoms with E-state index in [2.05, 4.69) is 23.7 Å². The van der Waals surface area contributed by atoms with Crippen molar-refractivity contribution in [1.82, 2.24) is 14.5 Å². The number of rotatable bonds is 3. The molecule has 0 bridgehead atoms. The molecule has 1 aromatic heterocycles.